The smallest absolute Gasteiger partial charge is 0.247 e. The summed E-state index contributed by atoms with van der Waals surface area (Å²) in [6, 6.07) is 0.657. The summed E-state index contributed by atoms with van der Waals surface area (Å²) in [5.41, 5.74) is 0. The largest absolute Gasteiger partial charge is 0.330 e. The molecule has 1 aliphatic heterocycles. The Balaban J connectivity index is 2.65. The molecule has 1 rings (SSSR count). The molecule has 0 aromatic carbocycles. The minimum Gasteiger partial charge on any atom is -0.330 e. The van der Waals surface area contributed by atoms with Crippen LogP contribution in [0.25, 0.3) is 0 Å². The van der Waals surface area contributed by atoms with Gasteiger partial charge in [-0.25, -0.2) is 0 Å². The molecule has 0 aliphatic carbocycles. The SMILES string of the molecule is CCC(C)N1C(=O)C=CC1C. The van der Waals surface area contributed by atoms with E-state index in [1.54, 1.807) is 6.08 Å². The molecule has 2 nitrogen and oxygen atoms in total. The predicted molar refractivity (Wildman–Crippen MR) is 45.2 cm³/mol. The van der Waals surface area contributed by atoms with Gasteiger partial charge in [-0.15, -0.1) is 0 Å². The summed E-state index contributed by atoms with van der Waals surface area (Å²) in [6.45, 7) is 6.23. The lowest BCUT2D eigenvalue weighted by molar-refractivity contribution is -0.127. The molecule has 1 aliphatic rings. The molecule has 0 aromatic rings. The minimum absolute atomic E-state index is 0.159. The first kappa shape index (κ1) is 8.31. The second kappa shape index (κ2) is 3.07. The molecule has 62 valence electrons. The van der Waals surface area contributed by atoms with Gasteiger partial charge < -0.3 is 4.90 Å². The molecular weight excluding hydrogens is 138 g/mol. The molecule has 0 N–H and O–H groups in total. The van der Waals surface area contributed by atoms with Crippen LogP contribution in [0.1, 0.15) is 27.2 Å². The van der Waals surface area contributed by atoms with E-state index in [-0.39, 0.29) is 11.9 Å². The first-order valence-corrected chi connectivity index (χ1v) is 4.17. The Kier molecular flexibility index (Phi) is 2.32. The molecule has 0 saturated carbocycles. The Labute approximate surface area is 67.9 Å². The van der Waals surface area contributed by atoms with Crippen molar-refractivity contribution < 1.29 is 4.79 Å². The molecule has 1 amide bonds. The van der Waals surface area contributed by atoms with Crippen LogP contribution in [0.5, 0.6) is 0 Å². The van der Waals surface area contributed by atoms with Crippen molar-refractivity contribution in [1.29, 1.82) is 0 Å². The molecule has 2 atom stereocenters. The maximum Gasteiger partial charge on any atom is 0.247 e. The molecule has 11 heavy (non-hydrogen) atoms. The quantitative estimate of drug-likeness (QED) is 0.589. The van der Waals surface area contributed by atoms with Gasteiger partial charge in [0.2, 0.25) is 5.91 Å². The molecular formula is C9H15NO. The third-order valence-electron chi connectivity index (χ3n) is 2.28. The van der Waals surface area contributed by atoms with Gasteiger partial charge in [-0.05, 0) is 20.3 Å². The number of rotatable bonds is 2. The molecule has 0 bridgehead atoms. The Bertz CT molecular complexity index is 186. The fourth-order valence-corrected chi connectivity index (χ4v) is 1.42. The highest BCUT2D eigenvalue weighted by atomic mass is 16.2. The second-order valence-electron chi connectivity index (χ2n) is 3.10. The molecule has 0 aromatic heterocycles. The van der Waals surface area contributed by atoms with Crippen molar-refractivity contribution in [2.75, 3.05) is 0 Å². The fraction of sp³-hybridized carbons (Fsp3) is 0.667. The van der Waals surface area contributed by atoms with E-state index in [2.05, 4.69) is 13.8 Å². The minimum atomic E-state index is 0.159. The number of amides is 1. The van der Waals surface area contributed by atoms with Crippen LogP contribution >= 0.6 is 0 Å². The van der Waals surface area contributed by atoms with Gasteiger partial charge in [0, 0.05) is 18.2 Å². The van der Waals surface area contributed by atoms with Crippen LogP contribution in [0.2, 0.25) is 0 Å². The summed E-state index contributed by atoms with van der Waals surface area (Å²) < 4.78 is 0. The average molecular weight is 153 g/mol. The lowest BCUT2D eigenvalue weighted by atomic mass is 10.2. The summed E-state index contributed by atoms with van der Waals surface area (Å²) in [4.78, 5) is 13.1. The van der Waals surface area contributed by atoms with Crippen molar-refractivity contribution >= 4 is 5.91 Å². The molecule has 2 unspecified atom stereocenters. The number of carbonyl (C=O) groups is 1. The van der Waals surface area contributed by atoms with Gasteiger partial charge in [0.05, 0.1) is 0 Å². The van der Waals surface area contributed by atoms with Crippen molar-refractivity contribution in [3.63, 3.8) is 0 Å². The van der Waals surface area contributed by atoms with E-state index in [9.17, 15) is 4.79 Å². The zero-order valence-corrected chi connectivity index (χ0v) is 7.37. The zero-order chi connectivity index (χ0) is 8.43. The zero-order valence-electron chi connectivity index (χ0n) is 7.37. The van der Waals surface area contributed by atoms with Crippen molar-refractivity contribution in [3.05, 3.63) is 12.2 Å². The summed E-state index contributed by atoms with van der Waals surface area (Å²) in [5.74, 6) is 0.159. The van der Waals surface area contributed by atoms with Crippen LogP contribution in [0, 0.1) is 0 Å². The van der Waals surface area contributed by atoms with E-state index >= 15 is 0 Å². The normalized spacial score (nSPS) is 26.3. The van der Waals surface area contributed by atoms with E-state index < -0.39 is 0 Å². The Morgan fingerprint density at radius 3 is 2.73 bits per heavy atom. The van der Waals surface area contributed by atoms with E-state index in [1.165, 1.54) is 0 Å². The van der Waals surface area contributed by atoms with Gasteiger partial charge in [-0.2, -0.15) is 0 Å². The Morgan fingerprint density at radius 1 is 1.73 bits per heavy atom. The van der Waals surface area contributed by atoms with E-state index in [4.69, 9.17) is 0 Å². The number of hydrogen-bond acceptors (Lipinski definition) is 1. The van der Waals surface area contributed by atoms with Crippen molar-refractivity contribution in [2.24, 2.45) is 0 Å². The van der Waals surface area contributed by atoms with Crippen LogP contribution in [-0.2, 0) is 4.79 Å². The van der Waals surface area contributed by atoms with E-state index in [0.717, 1.165) is 6.42 Å². The lowest BCUT2D eigenvalue weighted by Crippen LogP contribution is -2.39. The highest BCUT2D eigenvalue weighted by molar-refractivity contribution is 5.90. The van der Waals surface area contributed by atoms with Crippen LogP contribution < -0.4 is 0 Å². The standard InChI is InChI=1S/C9H15NO/c1-4-7(2)10-8(3)5-6-9(10)11/h5-8H,4H2,1-3H3. The monoisotopic (exact) mass is 153 g/mol. The number of hydrogen-bond donors (Lipinski definition) is 0. The first-order chi connectivity index (χ1) is 5.16. The maximum atomic E-state index is 11.2. The predicted octanol–water partition coefficient (Wildman–Crippen LogP) is 1.57. The molecule has 1 heterocycles. The van der Waals surface area contributed by atoms with Crippen LogP contribution in [0.4, 0.5) is 0 Å². The number of carbonyl (C=O) groups excluding carboxylic acids is 1. The number of nitrogens with zero attached hydrogens (tertiary/aromatic N) is 1. The van der Waals surface area contributed by atoms with Crippen LogP contribution in [-0.4, -0.2) is 22.9 Å². The first-order valence-electron chi connectivity index (χ1n) is 4.17. The summed E-state index contributed by atoms with van der Waals surface area (Å²) in [7, 11) is 0. The molecule has 0 radical (unpaired) electrons. The molecule has 2 heteroatoms. The van der Waals surface area contributed by atoms with Gasteiger partial charge in [0.1, 0.15) is 0 Å². The topological polar surface area (TPSA) is 20.3 Å². The van der Waals surface area contributed by atoms with Crippen LogP contribution in [0.15, 0.2) is 12.2 Å². The van der Waals surface area contributed by atoms with Crippen molar-refractivity contribution in [2.45, 2.75) is 39.3 Å². The average Bonchev–Trinajstić information content (AvgIpc) is 2.30. The van der Waals surface area contributed by atoms with Gasteiger partial charge in [0.15, 0.2) is 0 Å². The highest BCUT2D eigenvalue weighted by Crippen LogP contribution is 2.15. The third-order valence-corrected chi connectivity index (χ3v) is 2.28. The van der Waals surface area contributed by atoms with Crippen molar-refractivity contribution in [3.8, 4) is 0 Å². The summed E-state index contributed by atoms with van der Waals surface area (Å²) >= 11 is 0. The van der Waals surface area contributed by atoms with Crippen LogP contribution in [0.3, 0.4) is 0 Å². The van der Waals surface area contributed by atoms with E-state index in [1.807, 2.05) is 17.9 Å². The van der Waals surface area contributed by atoms with Gasteiger partial charge in [-0.3, -0.25) is 4.79 Å². The fourth-order valence-electron chi connectivity index (χ4n) is 1.42. The second-order valence-corrected chi connectivity index (χ2v) is 3.10. The van der Waals surface area contributed by atoms with Gasteiger partial charge in [0.25, 0.3) is 0 Å². The summed E-state index contributed by atoms with van der Waals surface area (Å²) in [5, 5.41) is 0. The lowest BCUT2D eigenvalue weighted by Gasteiger charge is -2.27. The van der Waals surface area contributed by atoms with Crippen molar-refractivity contribution in [1.82, 2.24) is 4.90 Å². The molecule has 0 spiro atoms. The maximum absolute atomic E-state index is 11.2. The Hall–Kier alpha value is -0.790. The Morgan fingerprint density at radius 2 is 2.36 bits per heavy atom. The van der Waals surface area contributed by atoms with Gasteiger partial charge >= 0.3 is 0 Å². The highest BCUT2D eigenvalue weighted by Gasteiger charge is 2.25. The molecule has 0 fully saturated rings. The van der Waals surface area contributed by atoms with E-state index in [0.29, 0.717) is 6.04 Å². The molecule has 0 saturated heterocycles. The van der Waals surface area contributed by atoms with Gasteiger partial charge in [-0.1, -0.05) is 13.0 Å². The summed E-state index contributed by atoms with van der Waals surface area (Å²) in [6.07, 6.45) is 4.64. The third kappa shape index (κ3) is 1.44.